The second-order valence-corrected chi connectivity index (χ2v) is 22.1. The molecule has 0 radical (unpaired) electrons. The van der Waals surface area contributed by atoms with Crippen LogP contribution in [0.1, 0.15) is 114 Å². The number of terminal acetylenes is 2. The predicted octanol–water partition coefficient (Wildman–Crippen LogP) is 2.36. The average Bonchev–Trinajstić information content (AvgIpc) is 3.92. The van der Waals surface area contributed by atoms with E-state index in [2.05, 4.69) is 36.4 Å². The van der Waals surface area contributed by atoms with E-state index in [0.29, 0.717) is 23.4 Å². The van der Waals surface area contributed by atoms with Crippen LogP contribution in [0.15, 0.2) is 23.6 Å². The summed E-state index contributed by atoms with van der Waals surface area (Å²) in [6.07, 6.45) is 12.3. The monoisotopic (exact) mass is 1130 g/mol. The number of carbonyl (C=O) groups is 8. The number of nitrogens with one attached hydrogen (secondary N) is 8. The second kappa shape index (κ2) is 33.1. The maximum Gasteiger partial charge on any atom is 0.313 e. The fraction of sp³-hybridized carbons (Fsp3) is 0.588. The number of nitrogens with zero attached hydrogens (tertiary/aromatic N) is 3. The van der Waals surface area contributed by atoms with Gasteiger partial charge in [0.05, 0.1) is 50.5 Å². The molecule has 78 heavy (non-hydrogen) atoms. The number of likely N-dealkylation sites (N-methyl/N-ethyl adjacent to an activating group) is 2. The van der Waals surface area contributed by atoms with Crippen molar-refractivity contribution in [3.8, 4) is 30.4 Å². The Hall–Kier alpha value is -6.48. The molecule has 6 amide bonds. The van der Waals surface area contributed by atoms with Gasteiger partial charge in [-0.25, -0.2) is 10.1 Å². The number of benzene rings is 1. The molecule has 25 nitrogen and oxygen atoms in total. The van der Waals surface area contributed by atoms with Gasteiger partial charge < -0.3 is 45.3 Å². The molecule has 1 aliphatic rings. The van der Waals surface area contributed by atoms with Crippen LogP contribution in [-0.2, 0) is 58.8 Å². The van der Waals surface area contributed by atoms with Crippen molar-refractivity contribution in [2.24, 2.45) is 17.8 Å². The molecule has 3 rings (SSSR count). The predicted molar refractivity (Wildman–Crippen MR) is 289 cm³/mol. The van der Waals surface area contributed by atoms with Crippen molar-refractivity contribution in [3.63, 3.8) is 0 Å². The van der Waals surface area contributed by atoms with Crippen molar-refractivity contribution >= 4 is 72.0 Å². The van der Waals surface area contributed by atoms with E-state index in [0.717, 1.165) is 30.7 Å². The molecule has 0 spiro atoms. The molecule has 1 aromatic carbocycles. The number of amides is 6. The lowest BCUT2D eigenvalue weighted by molar-refractivity contribution is -0.149. The number of anilines is 1. The highest BCUT2D eigenvalue weighted by molar-refractivity contribution is 7.57. The molecule has 27 heteroatoms. The third kappa shape index (κ3) is 22.1. The number of rotatable bonds is 33. The molecular formula is C51H76N11O14PS. The molecule has 10 N–H and O–H groups in total. The Morgan fingerprint density at radius 1 is 0.949 bits per heavy atom. The normalized spacial score (nSPS) is 15.9. The zero-order valence-corrected chi connectivity index (χ0v) is 47.2. The molecule has 430 valence electrons. The summed E-state index contributed by atoms with van der Waals surface area (Å²) in [4.78, 5) is 110. The quantitative estimate of drug-likeness (QED) is 0.0122. The van der Waals surface area contributed by atoms with Crippen LogP contribution in [0, 0.1) is 42.4 Å². The van der Waals surface area contributed by atoms with Crippen molar-refractivity contribution in [2.45, 2.75) is 123 Å². The lowest BCUT2D eigenvalue weighted by Crippen LogP contribution is -2.58. The maximum absolute atomic E-state index is 14.3. The van der Waals surface area contributed by atoms with E-state index in [1.165, 1.54) is 31.4 Å². The van der Waals surface area contributed by atoms with E-state index < -0.39 is 73.3 Å². The fourth-order valence-corrected chi connectivity index (χ4v) is 10.2. The lowest BCUT2D eigenvalue weighted by Gasteiger charge is -2.38. The number of aromatic hydroxyl groups is 1. The lowest BCUT2D eigenvalue weighted by atomic mass is 9.92. The van der Waals surface area contributed by atoms with Crippen LogP contribution < -0.4 is 42.3 Å². The van der Waals surface area contributed by atoms with Crippen molar-refractivity contribution in [1.29, 1.82) is 0 Å². The number of hydrazine groups is 2. The number of hydrogen-bond donors (Lipinski definition) is 10. The van der Waals surface area contributed by atoms with Gasteiger partial charge in [-0.3, -0.25) is 58.7 Å². The first-order valence-electron chi connectivity index (χ1n) is 25.6. The highest BCUT2D eigenvalue weighted by atomic mass is 32.1. The van der Waals surface area contributed by atoms with Crippen LogP contribution in [0.25, 0.3) is 0 Å². The standard InChI is InChI=1S/C51H76N11O14PS/c1-11-32(6)46(56-48(69)39-16-14-15-21-61(39)9)50(70)62(10)40(31(4)5)29-42(76-34(8)63)49-55-38(30-78-49)47(68)53-36(26-33(7)51(71)72)27-35-17-18-41(64)37(28-35)54-45(67)19-22-74-24-25-75-23-20-52-77(73,59-57-43(65)12-2)60-58-44(66)13-3/h2-3,17-18,28,30-33,36,39-40,42,46,64H,11,14-16,19-27,29H2,1,4-10H3,(H,53,68)(H,54,67)(H,56,69)(H,57,65)(H,58,66)(H,71,72)(H3,52,59,60,73)/t32?,33?,36?,39-,40?,42?,46?/m1/s1. The number of phenols is 1. The fourth-order valence-electron chi connectivity index (χ4n) is 8.25. The van der Waals surface area contributed by atoms with Gasteiger partial charge in [0, 0.05) is 44.4 Å². The minimum atomic E-state index is -3.87. The summed E-state index contributed by atoms with van der Waals surface area (Å²) in [5.74, 6) is -3.13. The Morgan fingerprint density at radius 3 is 2.19 bits per heavy atom. The minimum absolute atomic E-state index is 0.00499. The Labute approximate surface area is 459 Å². The molecule has 2 heterocycles. The molecule has 1 aromatic heterocycles. The van der Waals surface area contributed by atoms with E-state index in [9.17, 15) is 53.1 Å². The summed E-state index contributed by atoms with van der Waals surface area (Å²) in [6.45, 7) is 11.3. The molecule has 7 atom stereocenters. The van der Waals surface area contributed by atoms with Gasteiger partial charge in [0.25, 0.3) is 5.91 Å². The summed E-state index contributed by atoms with van der Waals surface area (Å²) in [5, 5.41) is 37.7. The third-order valence-electron chi connectivity index (χ3n) is 12.8. The molecular weight excluding hydrogens is 1050 g/mol. The van der Waals surface area contributed by atoms with Crippen LogP contribution in [0.2, 0.25) is 0 Å². The first-order chi connectivity index (χ1) is 36.9. The van der Waals surface area contributed by atoms with Gasteiger partial charge in [-0.05, 0) is 80.6 Å². The Bertz CT molecular complexity index is 2480. The smallest absolute Gasteiger partial charge is 0.313 e. The number of carboxylic acids is 1. The Morgan fingerprint density at radius 2 is 1.60 bits per heavy atom. The minimum Gasteiger partial charge on any atom is -0.506 e. The van der Waals surface area contributed by atoms with E-state index in [1.54, 1.807) is 29.9 Å². The van der Waals surface area contributed by atoms with Crippen LogP contribution in [0.4, 0.5) is 5.69 Å². The number of carbonyl (C=O) groups excluding carboxylic acids is 7. The highest BCUT2D eigenvalue weighted by Crippen LogP contribution is 2.32. The molecule has 1 saturated heterocycles. The van der Waals surface area contributed by atoms with Gasteiger partial charge in [-0.15, -0.1) is 24.2 Å². The number of likely N-dealkylation sites (tertiary alicyclic amines) is 1. The zero-order valence-electron chi connectivity index (χ0n) is 45.5. The average molecular weight is 1130 g/mol. The molecule has 2 aromatic rings. The van der Waals surface area contributed by atoms with Gasteiger partial charge in [0.2, 0.25) is 17.7 Å². The number of hydrogen-bond acceptors (Lipinski definition) is 16. The van der Waals surface area contributed by atoms with Crippen molar-refractivity contribution in [1.82, 2.24) is 51.7 Å². The Kier molecular flexibility index (Phi) is 27.9. The van der Waals surface area contributed by atoms with Crippen LogP contribution >= 0.6 is 18.9 Å². The summed E-state index contributed by atoms with van der Waals surface area (Å²) in [6, 6.07) is 2.02. The zero-order chi connectivity index (χ0) is 58.1. The van der Waals surface area contributed by atoms with E-state index in [-0.39, 0.29) is 105 Å². The van der Waals surface area contributed by atoms with Crippen molar-refractivity contribution in [3.05, 3.63) is 39.8 Å². The summed E-state index contributed by atoms with van der Waals surface area (Å²) < 4.78 is 29.6. The molecule has 1 fully saturated rings. The molecule has 0 aliphatic carbocycles. The first kappa shape index (κ1) is 65.8. The van der Waals surface area contributed by atoms with Gasteiger partial charge in [-0.1, -0.05) is 53.5 Å². The van der Waals surface area contributed by atoms with Gasteiger partial charge >= 0.3 is 31.3 Å². The number of thiazole rings is 1. The SMILES string of the molecule is C#CC(=O)NNP(=O)(NCCOCCOCCC(=O)Nc1cc(CC(CC(C)C(=O)O)NC(=O)c2csc(C(CC(C(C)C)N(C)C(=O)C(NC(=O)[C@H]3CCCCN3C)C(C)CC)OC(C)=O)n2)ccc1O)NNC(=O)C#C. The number of esters is 1. The molecule has 6 unspecified atom stereocenters. The summed E-state index contributed by atoms with van der Waals surface area (Å²) in [7, 11) is -0.292. The number of phenolic OH excluding ortho intramolecular Hbond substituents is 1. The molecule has 0 bridgehead atoms. The van der Waals surface area contributed by atoms with Crippen molar-refractivity contribution in [2.75, 3.05) is 58.9 Å². The molecule has 1 aliphatic heterocycles. The largest absolute Gasteiger partial charge is 0.506 e. The van der Waals surface area contributed by atoms with E-state index in [4.69, 9.17) is 27.1 Å². The summed E-state index contributed by atoms with van der Waals surface area (Å²) >= 11 is 1.08. The summed E-state index contributed by atoms with van der Waals surface area (Å²) in [5.41, 5.74) is 4.57. The van der Waals surface area contributed by atoms with E-state index >= 15 is 0 Å². The van der Waals surface area contributed by atoms with E-state index in [1.807, 2.05) is 50.5 Å². The van der Waals surface area contributed by atoms with Gasteiger partial charge in [0.15, 0.2) is 6.10 Å². The van der Waals surface area contributed by atoms with Crippen molar-refractivity contribution < 1.29 is 67.3 Å². The van der Waals surface area contributed by atoms with Gasteiger partial charge in [-0.2, -0.15) is 10.4 Å². The van der Waals surface area contributed by atoms with Crippen LogP contribution in [-0.4, -0.2) is 150 Å². The number of piperidine rings is 1. The second-order valence-electron chi connectivity index (χ2n) is 19.2. The van der Waals surface area contributed by atoms with Crippen LogP contribution in [0.3, 0.4) is 0 Å². The maximum atomic E-state index is 14.3. The number of aromatic nitrogens is 1. The Balaban J connectivity index is 1.64. The topological polar surface area (TPSA) is 337 Å². The van der Waals surface area contributed by atoms with Crippen LogP contribution in [0.5, 0.6) is 5.75 Å². The third-order valence-corrected chi connectivity index (χ3v) is 15.3. The first-order valence-corrected chi connectivity index (χ1v) is 28.1. The number of aliphatic carboxylic acids is 1. The number of carboxylic acid groups (broad SMARTS) is 1. The number of ether oxygens (including phenoxy) is 3. The highest BCUT2D eigenvalue weighted by Gasteiger charge is 2.38. The molecule has 0 saturated carbocycles. The van der Waals surface area contributed by atoms with Gasteiger partial charge in [0.1, 0.15) is 22.5 Å².